The molecule has 24 heavy (non-hydrogen) atoms. The smallest absolute Gasteiger partial charge is 0.404 e. The highest BCUT2D eigenvalue weighted by atomic mass is 16.4. The molecule has 1 aliphatic heterocycles. The van der Waals surface area contributed by atoms with E-state index < -0.39 is 6.09 Å². The van der Waals surface area contributed by atoms with E-state index >= 15 is 0 Å². The van der Waals surface area contributed by atoms with Gasteiger partial charge in [-0.2, -0.15) is 0 Å². The molecule has 1 aromatic heterocycles. The van der Waals surface area contributed by atoms with Crippen molar-refractivity contribution in [3.63, 3.8) is 0 Å². The van der Waals surface area contributed by atoms with Crippen LogP contribution in [0.5, 0.6) is 0 Å². The number of carboxylic acid groups (broad SMARTS) is 1. The number of piperidine rings is 1. The van der Waals surface area contributed by atoms with Crippen molar-refractivity contribution in [1.82, 2.24) is 10.2 Å². The first-order valence-corrected chi connectivity index (χ1v) is 8.49. The number of likely N-dealkylation sites (tertiary alicyclic amines) is 1. The van der Waals surface area contributed by atoms with Crippen LogP contribution in [0.2, 0.25) is 0 Å². The second-order valence-electron chi connectivity index (χ2n) is 6.35. The van der Waals surface area contributed by atoms with Gasteiger partial charge in [0.05, 0.1) is 11.7 Å². The van der Waals surface area contributed by atoms with Gasteiger partial charge in [-0.25, -0.2) is 4.79 Å². The number of rotatable bonds is 6. The zero-order chi connectivity index (χ0) is 16.8. The molecule has 0 atom stereocenters. The van der Waals surface area contributed by atoms with Gasteiger partial charge in [0.1, 0.15) is 5.76 Å². The van der Waals surface area contributed by atoms with Crippen LogP contribution in [-0.2, 0) is 5.41 Å². The lowest BCUT2D eigenvalue weighted by atomic mass is 9.71. The molecule has 0 radical (unpaired) electrons. The number of nitrogens with zero attached hydrogens (tertiary/aromatic N) is 1. The summed E-state index contributed by atoms with van der Waals surface area (Å²) in [5.74, 6) is 1.04. The predicted octanol–water partition coefficient (Wildman–Crippen LogP) is 3.32. The molecule has 0 unspecified atom stereocenters. The molecule has 0 aliphatic carbocycles. The Morgan fingerprint density at radius 3 is 2.54 bits per heavy atom. The van der Waals surface area contributed by atoms with Gasteiger partial charge in [-0.15, -0.1) is 0 Å². The van der Waals surface area contributed by atoms with Gasteiger partial charge in [0.15, 0.2) is 0 Å². The molecule has 1 aliphatic rings. The summed E-state index contributed by atoms with van der Waals surface area (Å²) in [7, 11) is 0. The summed E-state index contributed by atoms with van der Waals surface area (Å²) in [5, 5.41) is 11.0. The van der Waals surface area contributed by atoms with Crippen LogP contribution in [-0.4, -0.2) is 42.3 Å². The summed E-state index contributed by atoms with van der Waals surface area (Å²) in [5.41, 5.74) is 1.26. The lowest BCUT2D eigenvalue weighted by Crippen LogP contribution is -2.43. The largest absolute Gasteiger partial charge is 0.468 e. The fraction of sp³-hybridized carbons (Fsp3) is 0.421. The van der Waals surface area contributed by atoms with Crippen LogP contribution in [0.4, 0.5) is 4.79 Å². The van der Waals surface area contributed by atoms with E-state index in [-0.39, 0.29) is 5.41 Å². The summed E-state index contributed by atoms with van der Waals surface area (Å²) in [6.07, 6.45) is 3.66. The highest BCUT2D eigenvalue weighted by Crippen LogP contribution is 2.41. The molecule has 3 rings (SSSR count). The van der Waals surface area contributed by atoms with Gasteiger partial charge < -0.3 is 19.7 Å². The third kappa shape index (κ3) is 3.62. The molecule has 1 aromatic carbocycles. The van der Waals surface area contributed by atoms with Crippen molar-refractivity contribution in [2.75, 3.05) is 26.2 Å². The molecule has 2 aromatic rings. The SMILES string of the molecule is O=C(O)NCCCN1CCC(c2ccccc2)(c2ccco2)CC1. The summed E-state index contributed by atoms with van der Waals surface area (Å²) < 4.78 is 5.80. The second kappa shape index (κ2) is 7.53. The first-order chi connectivity index (χ1) is 11.7. The summed E-state index contributed by atoms with van der Waals surface area (Å²) >= 11 is 0. The average molecular weight is 328 g/mol. The molecule has 1 fully saturated rings. The van der Waals surface area contributed by atoms with Crippen molar-refractivity contribution in [2.24, 2.45) is 0 Å². The molecule has 5 heteroatoms. The molecule has 0 bridgehead atoms. The fourth-order valence-electron chi connectivity index (χ4n) is 3.64. The Labute approximate surface area is 142 Å². The zero-order valence-electron chi connectivity index (χ0n) is 13.8. The molecule has 1 amide bonds. The van der Waals surface area contributed by atoms with Crippen molar-refractivity contribution in [3.8, 4) is 0 Å². The topological polar surface area (TPSA) is 65.7 Å². The molecule has 2 N–H and O–H groups in total. The van der Waals surface area contributed by atoms with Crippen LogP contribution in [0.3, 0.4) is 0 Å². The predicted molar refractivity (Wildman–Crippen MR) is 92.2 cm³/mol. The number of carbonyl (C=O) groups is 1. The highest BCUT2D eigenvalue weighted by Gasteiger charge is 2.39. The minimum Gasteiger partial charge on any atom is -0.468 e. The Morgan fingerprint density at radius 1 is 1.17 bits per heavy atom. The van der Waals surface area contributed by atoms with E-state index in [1.54, 1.807) is 6.26 Å². The van der Waals surface area contributed by atoms with Crippen LogP contribution in [0.25, 0.3) is 0 Å². The quantitative estimate of drug-likeness (QED) is 0.798. The third-order valence-electron chi connectivity index (χ3n) is 4.96. The summed E-state index contributed by atoms with van der Waals surface area (Å²) in [6.45, 7) is 3.41. The van der Waals surface area contributed by atoms with Gasteiger partial charge in [0.2, 0.25) is 0 Å². The van der Waals surface area contributed by atoms with Gasteiger partial charge in [0.25, 0.3) is 0 Å². The van der Waals surface area contributed by atoms with Gasteiger partial charge in [0, 0.05) is 6.54 Å². The van der Waals surface area contributed by atoms with Crippen LogP contribution in [0.1, 0.15) is 30.6 Å². The zero-order valence-corrected chi connectivity index (χ0v) is 13.8. The molecule has 0 saturated carbocycles. The van der Waals surface area contributed by atoms with Gasteiger partial charge in [-0.1, -0.05) is 30.3 Å². The number of hydrogen-bond donors (Lipinski definition) is 2. The van der Waals surface area contributed by atoms with E-state index in [0.717, 1.165) is 44.7 Å². The molecule has 1 saturated heterocycles. The minimum absolute atomic E-state index is 0.0550. The standard InChI is InChI=1S/C19H24N2O3/c22-18(23)20-11-5-12-21-13-9-19(10-14-21,17-8-4-15-24-17)16-6-2-1-3-7-16/h1-4,6-8,15,20H,5,9-14H2,(H,22,23). The Morgan fingerprint density at radius 2 is 1.92 bits per heavy atom. The van der Waals surface area contributed by atoms with E-state index in [1.165, 1.54) is 5.56 Å². The van der Waals surface area contributed by atoms with Gasteiger partial charge in [-0.3, -0.25) is 0 Å². The number of hydrogen-bond acceptors (Lipinski definition) is 3. The number of furan rings is 1. The van der Waals surface area contributed by atoms with Crippen molar-refractivity contribution in [2.45, 2.75) is 24.7 Å². The van der Waals surface area contributed by atoms with Crippen molar-refractivity contribution >= 4 is 6.09 Å². The monoisotopic (exact) mass is 328 g/mol. The Hall–Kier alpha value is -2.27. The van der Waals surface area contributed by atoms with Crippen molar-refractivity contribution in [3.05, 3.63) is 60.1 Å². The van der Waals surface area contributed by atoms with E-state index in [4.69, 9.17) is 9.52 Å². The number of amides is 1. The maximum absolute atomic E-state index is 10.5. The first-order valence-electron chi connectivity index (χ1n) is 8.49. The van der Waals surface area contributed by atoms with Crippen LogP contribution in [0, 0.1) is 0 Å². The lowest BCUT2D eigenvalue weighted by Gasteiger charge is -2.41. The summed E-state index contributed by atoms with van der Waals surface area (Å²) in [6, 6.07) is 14.6. The van der Waals surface area contributed by atoms with Gasteiger partial charge >= 0.3 is 6.09 Å². The normalized spacial score (nSPS) is 17.5. The molecule has 2 heterocycles. The summed E-state index contributed by atoms with van der Waals surface area (Å²) in [4.78, 5) is 12.9. The average Bonchev–Trinajstić information content (AvgIpc) is 3.15. The van der Waals surface area contributed by atoms with Crippen LogP contribution >= 0.6 is 0 Å². The maximum atomic E-state index is 10.5. The molecule has 5 nitrogen and oxygen atoms in total. The van der Waals surface area contributed by atoms with E-state index in [1.807, 2.05) is 12.1 Å². The van der Waals surface area contributed by atoms with Crippen LogP contribution < -0.4 is 5.32 Å². The molecule has 0 spiro atoms. The molecule has 128 valence electrons. The lowest BCUT2D eigenvalue weighted by molar-refractivity contribution is 0.162. The second-order valence-corrected chi connectivity index (χ2v) is 6.35. The fourth-order valence-corrected chi connectivity index (χ4v) is 3.64. The van der Waals surface area contributed by atoms with E-state index in [0.29, 0.717) is 6.54 Å². The number of nitrogens with one attached hydrogen (secondary N) is 1. The van der Waals surface area contributed by atoms with Crippen molar-refractivity contribution in [1.29, 1.82) is 0 Å². The Bertz CT molecular complexity index is 632. The van der Waals surface area contributed by atoms with E-state index in [2.05, 4.69) is 40.5 Å². The van der Waals surface area contributed by atoms with Crippen molar-refractivity contribution < 1.29 is 14.3 Å². The molecular formula is C19H24N2O3. The van der Waals surface area contributed by atoms with Gasteiger partial charge in [-0.05, 0) is 56.6 Å². The molecular weight excluding hydrogens is 304 g/mol. The number of benzene rings is 1. The maximum Gasteiger partial charge on any atom is 0.404 e. The first kappa shape index (κ1) is 16.6. The highest BCUT2D eigenvalue weighted by molar-refractivity contribution is 5.64. The third-order valence-corrected chi connectivity index (χ3v) is 4.96. The van der Waals surface area contributed by atoms with E-state index in [9.17, 15) is 4.79 Å². The Kier molecular flexibility index (Phi) is 5.20. The minimum atomic E-state index is -0.949. The van der Waals surface area contributed by atoms with Crippen LogP contribution in [0.15, 0.2) is 53.1 Å². The Balaban J connectivity index is 1.65.